The molecule has 0 saturated carbocycles. The van der Waals surface area contributed by atoms with Gasteiger partial charge < -0.3 is 10.1 Å². The second kappa shape index (κ2) is 8.85. The number of hydrogen-bond donors (Lipinski definition) is 1. The number of methoxy groups -OCH3 is 1. The van der Waals surface area contributed by atoms with E-state index in [1.807, 2.05) is 25.1 Å². The van der Waals surface area contributed by atoms with Crippen LogP contribution >= 0.6 is 15.9 Å². The number of pyridine rings is 1. The van der Waals surface area contributed by atoms with Gasteiger partial charge in [-0.25, -0.2) is 9.07 Å². The highest BCUT2D eigenvalue weighted by Crippen LogP contribution is 2.30. The molecule has 158 valence electrons. The summed E-state index contributed by atoms with van der Waals surface area (Å²) in [6.07, 6.45) is 5.50. The number of halogens is 2. The minimum atomic E-state index is -0.325. The standard InChI is InChI=1S/C23H20BrFN4O2/c1-3-20(14-4-9-19(24)22(10-14)31-2)28-23(30)18-11-26-13-21-17(18)12-27-29(21)16-7-5-15(25)6-8-16/h4-13,20H,3H2,1-2H3,(H,28,30)/t20-/m0/s1. The van der Waals surface area contributed by atoms with Gasteiger partial charge in [0.2, 0.25) is 0 Å². The molecule has 4 rings (SSSR count). The van der Waals surface area contributed by atoms with Gasteiger partial charge in [0.15, 0.2) is 0 Å². The molecule has 8 heteroatoms. The number of carbonyl (C=O) groups excluding carboxylic acids is 1. The lowest BCUT2D eigenvalue weighted by atomic mass is 10.0. The monoisotopic (exact) mass is 482 g/mol. The molecule has 1 N–H and O–H groups in total. The Morgan fingerprint density at radius 2 is 1.97 bits per heavy atom. The second-order valence-electron chi connectivity index (χ2n) is 6.98. The number of rotatable bonds is 6. The predicted octanol–water partition coefficient (Wildman–Crippen LogP) is 5.21. The maximum absolute atomic E-state index is 13.3. The summed E-state index contributed by atoms with van der Waals surface area (Å²) in [6.45, 7) is 2.00. The molecule has 4 aromatic rings. The van der Waals surface area contributed by atoms with Crippen molar-refractivity contribution < 1.29 is 13.9 Å². The van der Waals surface area contributed by atoms with Crippen LogP contribution in [0.1, 0.15) is 35.3 Å². The number of carbonyl (C=O) groups is 1. The first-order valence-electron chi connectivity index (χ1n) is 9.73. The minimum Gasteiger partial charge on any atom is -0.496 e. The molecule has 2 aromatic carbocycles. The molecule has 0 radical (unpaired) electrons. The number of fused-ring (bicyclic) bond motifs is 1. The third-order valence-electron chi connectivity index (χ3n) is 5.10. The van der Waals surface area contributed by atoms with Crippen molar-refractivity contribution in [3.63, 3.8) is 0 Å². The highest BCUT2D eigenvalue weighted by molar-refractivity contribution is 9.10. The summed E-state index contributed by atoms with van der Waals surface area (Å²) in [6, 6.07) is 11.5. The maximum Gasteiger partial charge on any atom is 0.254 e. The Bertz CT molecular complexity index is 1240. The fraction of sp³-hybridized carbons (Fsp3) is 0.174. The molecule has 6 nitrogen and oxygen atoms in total. The van der Waals surface area contributed by atoms with Gasteiger partial charge in [0.25, 0.3) is 5.91 Å². The molecule has 0 aliphatic heterocycles. The van der Waals surface area contributed by atoms with Crippen LogP contribution < -0.4 is 10.1 Å². The van der Waals surface area contributed by atoms with Crippen LogP contribution in [0.5, 0.6) is 5.75 Å². The fourth-order valence-corrected chi connectivity index (χ4v) is 3.87. The summed E-state index contributed by atoms with van der Waals surface area (Å²) < 4.78 is 21.1. The average molecular weight is 483 g/mol. The molecule has 0 saturated heterocycles. The van der Waals surface area contributed by atoms with Crippen LogP contribution in [-0.4, -0.2) is 27.8 Å². The molecule has 0 unspecified atom stereocenters. The van der Waals surface area contributed by atoms with Crippen molar-refractivity contribution in [1.82, 2.24) is 20.1 Å². The van der Waals surface area contributed by atoms with Crippen LogP contribution in [0.25, 0.3) is 16.6 Å². The van der Waals surface area contributed by atoms with E-state index in [1.54, 1.807) is 36.3 Å². The average Bonchev–Trinajstić information content (AvgIpc) is 3.22. The Labute approximate surface area is 187 Å². The number of aromatic nitrogens is 3. The SMILES string of the molecule is CC[C@H](NC(=O)c1cncc2c1cnn2-c1ccc(F)cc1)c1ccc(Br)c(OC)c1. The summed E-state index contributed by atoms with van der Waals surface area (Å²) >= 11 is 3.45. The zero-order chi connectivity index (χ0) is 22.0. The maximum atomic E-state index is 13.3. The number of ether oxygens (including phenoxy) is 1. The summed E-state index contributed by atoms with van der Waals surface area (Å²) in [7, 11) is 1.61. The van der Waals surface area contributed by atoms with Crippen molar-refractivity contribution in [2.45, 2.75) is 19.4 Å². The predicted molar refractivity (Wildman–Crippen MR) is 120 cm³/mol. The van der Waals surface area contributed by atoms with E-state index in [9.17, 15) is 9.18 Å². The van der Waals surface area contributed by atoms with Gasteiger partial charge in [-0.15, -0.1) is 0 Å². The van der Waals surface area contributed by atoms with Crippen LogP contribution in [0.2, 0.25) is 0 Å². The zero-order valence-electron chi connectivity index (χ0n) is 17.0. The molecule has 31 heavy (non-hydrogen) atoms. The highest BCUT2D eigenvalue weighted by atomic mass is 79.9. The normalized spacial score (nSPS) is 12.0. The van der Waals surface area contributed by atoms with Crippen molar-refractivity contribution >= 4 is 32.7 Å². The zero-order valence-corrected chi connectivity index (χ0v) is 18.6. The molecule has 1 atom stereocenters. The summed E-state index contributed by atoms with van der Waals surface area (Å²) in [5.74, 6) is 0.133. The van der Waals surface area contributed by atoms with Crippen LogP contribution in [0.4, 0.5) is 4.39 Å². The topological polar surface area (TPSA) is 69.0 Å². The number of nitrogens with zero attached hydrogens (tertiary/aromatic N) is 3. The Kier molecular flexibility index (Phi) is 5.99. The third kappa shape index (κ3) is 4.16. The molecule has 0 bridgehead atoms. The van der Waals surface area contributed by atoms with E-state index in [0.29, 0.717) is 34.3 Å². The van der Waals surface area contributed by atoms with E-state index in [1.165, 1.54) is 18.3 Å². The number of amides is 1. The first-order chi connectivity index (χ1) is 15.0. The Hall–Kier alpha value is -3.26. The summed E-state index contributed by atoms with van der Waals surface area (Å²) in [4.78, 5) is 17.4. The highest BCUT2D eigenvalue weighted by Gasteiger charge is 2.19. The van der Waals surface area contributed by atoms with Crippen LogP contribution in [-0.2, 0) is 0 Å². The van der Waals surface area contributed by atoms with Crippen molar-refractivity contribution in [3.8, 4) is 11.4 Å². The number of hydrogen-bond acceptors (Lipinski definition) is 4. The molecular formula is C23H20BrFN4O2. The Balaban J connectivity index is 1.65. The van der Waals surface area contributed by atoms with E-state index in [2.05, 4.69) is 31.3 Å². The minimum absolute atomic E-state index is 0.197. The Morgan fingerprint density at radius 1 is 1.19 bits per heavy atom. The van der Waals surface area contributed by atoms with E-state index in [0.717, 1.165) is 10.0 Å². The van der Waals surface area contributed by atoms with Gasteiger partial charge in [0, 0.05) is 11.6 Å². The first-order valence-corrected chi connectivity index (χ1v) is 10.5. The molecule has 2 aromatic heterocycles. The van der Waals surface area contributed by atoms with Gasteiger partial charge in [-0.1, -0.05) is 13.0 Å². The number of benzene rings is 2. The van der Waals surface area contributed by atoms with Gasteiger partial charge in [-0.2, -0.15) is 5.10 Å². The lowest BCUT2D eigenvalue weighted by Crippen LogP contribution is -2.28. The van der Waals surface area contributed by atoms with Gasteiger partial charge >= 0.3 is 0 Å². The van der Waals surface area contributed by atoms with Crippen LogP contribution in [0.3, 0.4) is 0 Å². The van der Waals surface area contributed by atoms with Gasteiger partial charge in [0.05, 0.1) is 46.8 Å². The lowest BCUT2D eigenvalue weighted by molar-refractivity contribution is 0.0937. The lowest BCUT2D eigenvalue weighted by Gasteiger charge is -2.19. The third-order valence-corrected chi connectivity index (χ3v) is 5.76. The van der Waals surface area contributed by atoms with Crippen molar-refractivity contribution in [1.29, 1.82) is 0 Å². The van der Waals surface area contributed by atoms with Gasteiger partial charge in [-0.3, -0.25) is 9.78 Å². The summed E-state index contributed by atoms with van der Waals surface area (Å²) in [5, 5.41) is 8.13. The van der Waals surface area contributed by atoms with Crippen LogP contribution in [0, 0.1) is 5.82 Å². The van der Waals surface area contributed by atoms with E-state index < -0.39 is 0 Å². The molecular weight excluding hydrogens is 463 g/mol. The van der Waals surface area contributed by atoms with Gasteiger partial charge in [-0.05, 0) is 64.3 Å². The summed E-state index contributed by atoms with van der Waals surface area (Å²) in [5.41, 5.74) is 2.72. The van der Waals surface area contributed by atoms with E-state index in [-0.39, 0.29) is 17.8 Å². The van der Waals surface area contributed by atoms with Crippen molar-refractivity contribution in [2.75, 3.05) is 7.11 Å². The Morgan fingerprint density at radius 3 is 2.68 bits per heavy atom. The van der Waals surface area contributed by atoms with Crippen LogP contribution in [0.15, 0.2) is 65.5 Å². The fourth-order valence-electron chi connectivity index (χ4n) is 3.46. The smallest absolute Gasteiger partial charge is 0.254 e. The quantitative estimate of drug-likeness (QED) is 0.409. The van der Waals surface area contributed by atoms with Crippen molar-refractivity contribution in [2.24, 2.45) is 0 Å². The van der Waals surface area contributed by atoms with Crippen molar-refractivity contribution in [3.05, 3.63) is 82.5 Å². The van der Waals surface area contributed by atoms with Gasteiger partial charge in [0.1, 0.15) is 11.6 Å². The molecule has 0 spiro atoms. The second-order valence-corrected chi connectivity index (χ2v) is 7.84. The van der Waals surface area contributed by atoms with E-state index >= 15 is 0 Å². The number of nitrogens with one attached hydrogen (secondary N) is 1. The largest absolute Gasteiger partial charge is 0.496 e. The molecule has 1 amide bonds. The molecule has 2 heterocycles. The molecule has 0 aliphatic carbocycles. The van der Waals surface area contributed by atoms with E-state index in [4.69, 9.17) is 4.74 Å². The molecule has 0 aliphatic rings. The first kappa shape index (κ1) is 21.0. The molecule has 0 fully saturated rings.